The van der Waals surface area contributed by atoms with Gasteiger partial charge in [-0.3, -0.25) is 4.72 Å². The van der Waals surface area contributed by atoms with Crippen molar-refractivity contribution in [3.8, 4) is 0 Å². The van der Waals surface area contributed by atoms with E-state index in [-0.39, 0.29) is 6.04 Å². The summed E-state index contributed by atoms with van der Waals surface area (Å²) in [6, 6.07) is 0.0617. The Balaban J connectivity index is 4.65. The molecule has 5 nitrogen and oxygen atoms in total. The number of nitrogens with one attached hydrogen (secondary N) is 1. The molecule has 0 aromatic heterocycles. The van der Waals surface area contributed by atoms with Gasteiger partial charge in [0.2, 0.25) is 16.0 Å². The van der Waals surface area contributed by atoms with E-state index >= 15 is 0 Å². The van der Waals surface area contributed by atoms with Gasteiger partial charge in [0.25, 0.3) is 0 Å². The Bertz CT molecular complexity index is 280. The number of nitrogens with zero attached hydrogens (tertiary/aromatic N) is 2. The second-order valence-electron chi connectivity index (χ2n) is 3.32. The maximum absolute atomic E-state index is 10.9. The van der Waals surface area contributed by atoms with Gasteiger partial charge in [0.15, 0.2) is 0 Å². The lowest BCUT2D eigenvalue weighted by Crippen LogP contribution is -2.40. The molecule has 13 heavy (non-hydrogen) atoms. The van der Waals surface area contributed by atoms with Gasteiger partial charge in [0, 0.05) is 20.1 Å². The predicted octanol–water partition coefficient (Wildman–Crippen LogP) is -0.138. The van der Waals surface area contributed by atoms with E-state index in [0.717, 1.165) is 6.26 Å². The molecule has 0 atom stereocenters. The largest absolute Gasteiger partial charge is 0.348 e. The van der Waals surface area contributed by atoms with Gasteiger partial charge in [-0.05, 0) is 13.8 Å². The maximum Gasteiger partial charge on any atom is 0.232 e. The molecule has 1 N–H and O–H groups in total. The molecule has 0 aliphatic heterocycles. The lowest BCUT2D eigenvalue weighted by molar-refractivity contribution is 0.572. The minimum absolute atomic E-state index is 0.0617. The molecule has 0 bridgehead atoms. The summed E-state index contributed by atoms with van der Waals surface area (Å²) in [4.78, 5) is 5.74. The Labute approximate surface area is 79.9 Å². The average molecular weight is 207 g/mol. The van der Waals surface area contributed by atoms with Crippen molar-refractivity contribution in [3.05, 3.63) is 0 Å². The van der Waals surface area contributed by atoms with Crippen LogP contribution in [0.1, 0.15) is 13.8 Å². The summed E-state index contributed by atoms with van der Waals surface area (Å²) in [7, 11) is 0.235. The van der Waals surface area contributed by atoms with Crippen molar-refractivity contribution >= 4 is 16.0 Å². The van der Waals surface area contributed by atoms with E-state index in [4.69, 9.17) is 0 Å². The summed E-state index contributed by atoms with van der Waals surface area (Å²) in [5.74, 6) is 0.359. The highest BCUT2D eigenvalue weighted by atomic mass is 32.2. The number of sulfonamides is 1. The average Bonchev–Trinajstić information content (AvgIpc) is 1.81. The number of hydrogen-bond donors (Lipinski definition) is 1. The van der Waals surface area contributed by atoms with Crippen molar-refractivity contribution in [1.82, 2.24) is 9.62 Å². The van der Waals surface area contributed by atoms with E-state index in [1.165, 1.54) is 0 Å². The highest BCUT2D eigenvalue weighted by molar-refractivity contribution is 7.89. The van der Waals surface area contributed by atoms with Crippen molar-refractivity contribution in [1.29, 1.82) is 0 Å². The molecule has 0 spiro atoms. The fraction of sp³-hybridized carbons (Fsp3) is 0.857. The second kappa shape index (κ2) is 4.45. The lowest BCUT2D eigenvalue weighted by atomic mass is 10.4. The first-order valence-corrected chi connectivity index (χ1v) is 5.84. The van der Waals surface area contributed by atoms with Crippen LogP contribution in [0.25, 0.3) is 0 Å². The van der Waals surface area contributed by atoms with Crippen molar-refractivity contribution in [2.45, 2.75) is 19.9 Å². The fourth-order valence-corrected chi connectivity index (χ4v) is 1.21. The molecule has 0 saturated heterocycles. The first-order valence-electron chi connectivity index (χ1n) is 3.95. The zero-order valence-electron chi connectivity index (χ0n) is 8.70. The van der Waals surface area contributed by atoms with Gasteiger partial charge in [-0.25, -0.2) is 13.4 Å². The minimum Gasteiger partial charge on any atom is -0.348 e. The van der Waals surface area contributed by atoms with Crippen molar-refractivity contribution < 1.29 is 8.42 Å². The van der Waals surface area contributed by atoms with Gasteiger partial charge in [0.1, 0.15) is 0 Å². The van der Waals surface area contributed by atoms with Crippen LogP contribution < -0.4 is 4.72 Å². The third-order valence-electron chi connectivity index (χ3n) is 1.08. The van der Waals surface area contributed by atoms with Crippen LogP contribution in [0.5, 0.6) is 0 Å². The smallest absolute Gasteiger partial charge is 0.232 e. The van der Waals surface area contributed by atoms with E-state index in [1.54, 1.807) is 19.0 Å². The van der Waals surface area contributed by atoms with Gasteiger partial charge < -0.3 is 4.90 Å². The molecular weight excluding hydrogens is 190 g/mol. The Morgan fingerprint density at radius 2 is 1.85 bits per heavy atom. The van der Waals surface area contributed by atoms with Crippen LogP contribution >= 0.6 is 0 Å². The quantitative estimate of drug-likeness (QED) is 0.506. The SMILES string of the molecule is CC(C)N=C(NS(C)(=O)=O)N(C)C. The second-order valence-corrected chi connectivity index (χ2v) is 5.06. The van der Waals surface area contributed by atoms with E-state index in [9.17, 15) is 8.42 Å². The molecule has 0 aromatic carbocycles. The van der Waals surface area contributed by atoms with Gasteiger partial charge >= 0.3 is 0 Å². The summed E-state index contributed by atoms with van der Waals surface area (Å²) < 4.78 is 24.2. The standard InChI is InChI=1S/C7H17N3O2S/c1-6(2)8-7(10(3)4)9-13(5,11)12/h6H,1-5H3,(H,8,9). The highest BCUT2D eigenvalue weighted by Gasteiger charge is 2.08. The third-order valence-corrected chi connectivity index (χ3v) is 1.63. The molecule has 0 aliphatic carbocycles. The summed E-state index contributed by atoms with van der Waals surface area (Å²) >= 11 is 0. The number of guanidine groups is 1. The fourth-order valence-electron chi connectivity index (χ4n) is 0.644. The molecule has 6 heteroatoms. The highest BCUT2D eigenvalue weighted by Crippen LogP contribution is 1.90. The Morgan fingerprint density at radius 3 is 2.08 bits per heavy atom. The van der Waals surface area contributed by atoms with Crippen molar-refractivity contribution in [2.75, 3.05) is 20.4 Å². The molecule has 0 aromatic rings. The van der Waals surface area contributed by atoms with E-state index in [0.29, 0.717) is 5.96 Å². The molecule has 0 fully saturated rings. The Hall–Kier alpha value is -0.780. The number of hydrogen-bond acceptors (Lipinski definition) is 3. The summed E-state index contributed by atoms with van der Waals surface area (Å²) in [5, 5.41) is 0. The van der Waals surface area contributed by atoms with Gasteiger partial charge in [-0.1, -0.05) is 0 Å². The molecule has 0 heterocycles. The first-order chi connectivity index (χ1) is 5.72. The summed E-state index contributed by atoms with van der Waals surface area (Å²) in [6.07, 6.45) is 1.10. The Morgan fingerprint density at radius 1 is 1.38 bits per heavy atom. The van der Waals surface area contributed by atoms with Gasteiger partial charge in [-0.2, -0.15) is 0 Å². The molecule has 0 saturated carbocycles. The van der Waals surface area contributed by atoms with E-state index < -0.39 is 10.0 Å². The molecular formula is C7H17N3O2S. The van der Waals surface area contributed by atoms with Gasteiger partial charge in [0.05, 0.1) is 6.26 Å². The molecule has 0 radical (unpaired) electrons. The lowest BCUT2D eigenvalue weighted by Gasteiger charge is -2.17. The van der Waals surface area contributed by atoms with Crippen molar-refractivity contribution in [3.63, 3.8) is 0 Å². The number of rotatable bonds is 2. The summed E-state index contributed by atoms with van der Waals surface area (Å²) in [6.45, 7) is 3.76. The van der Waals surface area contributed by atoms with E-state index in [1.807, 2.05) is 13.8 Å². The number of aliphatic imine (C=N–C) groups is 1. The van der Waals surface area contributed by atoms with Crippen LogP contribution in [0.3, 0.4) is 0 Å². The normalized spacial score (nSPS) is 13.2. The van der Waals surface area contributed by atoms with Crippen LogP contribution in [0.4, 0.5) is 0 Å². The van der Waals surface area contributed by atoms with Crippen molar-refractivity contribution in [2.24, 2.45) is 4.99 Å². The predicted molar refractivity (Wildman–Crippen MR) is 54.2 cm³/mol. The third kappa shape index (κ3) is 6.39. The zero-order chi connectivity index (χ0) is 10.6. The van der Waals surface area contributed by atoms with Crippen LogP contribution in [-0.4, -0.2) is 45.7 Å². The molecule has 78 valence electrons. The van der Waals surface area contributed by atoms with Crippen LogP contribution in [0.15, 0.2) is 4.99 Å². The van der Waals surface area contributed by atoms with Crippen LogP contribution in [-0.2, 0) is 10.0 Å². The van der Waals surface area contributed by atoms with Crippen LogP contribution in [0, 0.1) is 0 Å². The van der Waals surface area contributed by atoms with E-state index in [2.05, 4.69) is 9.71 Å². The molecule has 0 amide bonds. The molecule has 0 aliphatic rings. The minimum atomic E-state index is -3.24. The monoisotopic (exact) mass is 207 g/mol. The summed E-state index contributed by atoms with van der Waals surface area (Å²) in [5.41, 5.74) is 0. The van der Waals surface area contributed by atoms with Gasteiger partial charge in [-0.15, -0.1) is 0 Å². The Kier molecular flexibility index (Phi) is 4.19. The topological polar surface area (TPSA) is 61.8 Å². The zero-order valence-corrected chi connectivity index (χ0v) is 9.51. The first kappa shape index (κ1) is 12.2. The molecule has 0 rings (SSSR count). The maximum atomic E-state index is 10.9. The van der Waals surface area contributed by atoms with Crippen LogP contribution in [0.2, 0.25) is 0 Å². The molecule has 0 unspecified atom stereocenters.